The highest BCUT2D eigenvalue weighted by Gasteiger charge is 2.24. The van der Waals surface area contributed by atoms with Crippen molar-refractivity contribution in [2.24, 2.45) is 5.73 Å². The van der Waals surface area contributed by atoms with Gasteiger partial charge in [-0.2, -0.15) is 0 Å². The second-order valence-electron chi connectivity index (χ2n) is 4.14. The first-order valence-electron chi connectivity index (χ1n) is 5.48. The number of furan rings is 1. The molecule has 1 aliphatic carbocycles. The third-order valence-electron chi connectivity index (χ3n) is 3.00. The van der Waals surface area contributed by atoms with E-state index >= 15 is 0 Å². The minimum Gasteiger partial charge on any atom is -0.457 e. The number of halogens is 1. The molecule has 88 valence electrons. The monoisotopic (exact) mass is 286 g/mol. The van der Waals surface area contributed by atoms with E-state index in [9.17, 15) is 4.79 Å². The molecule has 4 nitrogen and oxygen atoms in total. The van der Waals surface area contributed by atoms with Crippen LogP contribution >= 0.6 is 15.9 Å². The average Bonchev–Trinajstić information content (AvgIpc) is 2.68. The van der Waals surface area contributed by atoms with Crippen LogP contribution < -0.4 is 11.1 Å². The normalized spacial score (nSPS) is 25.4. The van der Waals surface area contributed by atoms with E-state index in [0.717, 1.165) is 25.7 Å². The molecule has 0 saturated heterocycles. The van der Waals surface area contributed by atoms with Crippen LogP contribution in [-0.2, 0) is 0 Å². The van der Waals surface area contributed by atoms with Crippen molar-refractivity contribution in [2.45, 2.75) is 37.8 Å². The number of nitrogens with one attached hydrogen (secondary N) is 1. The van der Waals surface area contributed by atoms with Crippen LogP contribution in [0.25, 0.3) is 0 Å². The third kappa shape index (κ3) is 2.47. The predicted octanol–water partition coefficient (Wildman–Crippen LogP) is 2.04. The van der Waals surface area contributed by atoms with Crippen LogP contribution in [0.2, 0.25) is 0 Å². The molecule has 2 atom stereocenters. The van der Waals surface area contributed by atoms with Gasteiger partial charge >= 0.3 is 0 Å². The van der Waals surface area contributed by atoms with Crippen molar-refractivity contribution < 1.29 is 9.21 Å². The fourth-order valence-corrected chi connectivity index (χ4v) is 2.46. The largest absolute Gasteiger partial charge is 0.457 e. The van der Waals surface area contributed by atoms with Crippen molar-refractivity contribution in [1.29, 1.82) is 0 Å². The molecule has 0 unspecified atom stereocenters. The van der Waals surface area contributed by atoms with Crippen LogP contribution in [0.4, 0.5) is 0 Å². The second kappa shape index (κ2) is 5.01. The smallest absolute Gasteiger partial charge is 0.256 e. The van der Waals surface area contributed by atoms with E-state index in [-0.39, 0.29) is 18.0 Å². The molecule has 0 bridgehead atoms. The number of rotatable bonds is 2. The summed E-state index contributed by atoms with van der Waals surface area (Å²) < 4.78 is 5.49. The van der Waals surface area contributed by atoms with Crippen LogP contribution in [0.5, 0.6) is 0 Å². The number of carbonyl (C=O) groups is 1. The molecule has 1 heterocycles. The van der Waals surface area contributed by atoms with Crippen molar-refractivity contribution in [3.63, 3.8) is 0 Å². The molecule has 0 aliphatic heterocycles. The number of hydrogen-bond donors (Lipinski definition) is 2. The van der Waals surface area contributed by atoms with Gasteiger partial charge in [0, 0.05) is 12.1 Å². The minimum atomic E-state index is -0.122. The van der Waals surface area contributed by atoms with Gasteiger partial charge in [0.1, 0.15) is 0 Å². The highest BCUT2D eigenvalue weighted by molar-refractivity contribution is 9.10. The Morgan fingerprint density at radius 2 is 2.25 bits per heavy atom. The lowest BCUT2D eigenvalue weighted by Crippen LogP contribution is -2.49. The number of carbonyl (C=O) groups excluding carboxylic acids is 1. The van der Waals surface area contributed by atoms with Gasteiger partial charge in [-0.25, -0.2) is 0 Å². The van der Waals surface area contributed by atoms with Gasteiger partial charge in [0.2, 0.25) is 0 Å². The van der Waals surface area contributed by atoms with Crippen LogP contribution in [-0.4, -0.2) is 18.0 Å². The zero-order valence-electron chi connectivity index (χ0n) is 8.91. The van der Waals surface area contributed by atoms with Crippen LogP contribution in [0.3, 0.4) is 0 Å². The Hall–Kier alpha value is -0.810. The van der Waals surface area contributed by atoms with Crippen LogP contribution in [0.1, 0.15) is 36.0 Å². The van der Waals surface area contributed by atoms with E-state index < -0.39 is 0 Å². The zero-order chi connectivity index (χ0) is 11.5. The van der Waals surface area contributed by atoms with Crippen LogP contribution in [0.15, 0.2) is 21.4 Å². The molecular weight excluding hydrogens is 272 g/mol. The molecule has 1 saturated carbocycles. The van der Waals surface area contributed by atoms with Gasteiger partial charge in [0.05, 0.1) is 11.8 Å². The quantitative estimate of drug-likeness (QED) is 0.874. The molecule has 1 aromatic heterocycles. The van der Waals surface area contributed by atoms with Gasteiger partial charge in [-0.05, 0) is 34.8 Å². The summed E-state index contributed by atoms with van der Waals surface area (Å²) in [6.45, 7) is 0. The Labute approximate surface area is 103 Å². The van der Waals surface area contributed by atoms with E-state index in [1.54, 1.807) is 6.07 Å². The van der Waals surface area contributed by atoms with Crippen molar-refractivity contribution in [3.8, 4) is 0 Å². The molecule has 5 heteroatoms. The summed E-state index contributed by atoms with van der Waals surface area (Å²) in [6.07, 6.45) is 5.72. The third-order valence-corrected chi connectivity index (χ3v) is 3.61. The maximum Gasteiger partial charge on any atom is 0.256 e. The van der Waals surface area contributed by atoms with Gasteiger partial charge in [-0.3, -0.25) is 4.79 Å². The van der Waals surface area contributed by atoms with Gasteiger partial charge < -0.3 is 15.5 Å². The fourth-order valence-electron chi connectivity index (χ4n) is 2.04. The minimum absolute atomic E-state index is 0.0726. The van der Waals surface area contributed by atoms with E-state index in [1.807, 2.05) is 0 Å². The van der Waals surface area contributed by atoms with Crippen molar-refractivity contribution in [1.82, 2.24) is 5.32 Å². The first kappa shape index (κ1) is 11.7. The molecule has 1 fully saturated rings. The SMILES string of the molecule is N[C@@H]1CCCC[C@H]1NC(=O)c1ccoc1Br. The molecule has 16 heavy (non-hydrogen) atoms. The Bertz CT molecular complexity index is 378. The highest BCUT2D eigenvalue weighted by Crippen LogP contribution is 2.20. The van der Waals surface area contributed by atoms with E-state index in [2.05, 4.69) is 21.2 Å². The Morgan fingerprint density at radius 3 is 2.88 bits per heavy atom. The molecule has 0 radical (unpaired) electrons. The molecule has 3 N–H and O–H groups in total. The Kier molecular flexibility index (Phi) is 3.66. The molecule has 1 amide bonds. The topological polar surface area (TPSA) is 68.3 Å². The lowest BCUT2D eigenvalue weighted by atomic mass is 9.91. The molecule has 1 aromatic rings. The van der Waals surface area contributed by atoms with E-state index in [1.165, 1.54) is 6.26 Å². The summed E-state index contributed by atoms with van der Waals surface area (Å²) in [7, 11) is 0. The first-order chi connectivity index (χ1) is 7.68. The van der Waals surface area contributed by atoms with E-state index in [0.29, 0.717) is 10.2 Å². The van der Waals surface area contributed by atoms with Crippen molar-refractivity contribution >= 4 is 21.8 Å². The standard InChI is InChI=1S/C11H15BrN2O2/c12-10-7(5-6-16-10)11(15)14-9-4-2-1-3-8(9)13/h5-6,8-9H,1-4,13H2,(H,14,15)/t8-,9-/m1/s1. The maximum atomic E-state index is 11.9. The van der Waals surface area contributed by atoms with Crippen LogP contribution in [0, 0.1) is 0 Å². The first-order valence-corrected chi connectivity index (χ1v) is 6.27. The summed E-state index contributed by atoms with van der Waals surface area (Å²) in [5.41, 5.74) is 6.49. The number of nitrogens with two attached hydrogens (primary N) is 1. The van der Waals surface area contributed by atoms with Gasteiger partial charge in [-0.15, -0.1) is 0 Å². The lowest BCUT2D eigenvalue weighted by Gasteiger charge is -2.29. The van der Waals surface area contributed by atoms with Gasteiger partial charge in [0.15, 0.2) is 4.67 Å². The molecule has 1 aliphatic rings. The summed E-state index contributed by atoms with van der Waals surface area (Å²) in [6, 6.07) is 1.81. The summed E-state index contributed by atoms with van der Waals surface area (Å²) in [5, 5.41) is 2.96. The Morgan fingerprint density at radius 1 is 1.50 bits per heavy atom. The van der Waals surface area contributed by atoms with Gasteiger partial charge in [-0.1, -0.05) is 12.8 Å². The lowest BCUT2D eigenvalue weighted by molar-refractivity contribution is 0.0919. The molecular formula is C11H15BrN2O2. The van der Waals surface area contributed by atoms with E-state index in [4.69, 9.17) is 10.2 Å². The van der Waals surface area contributed by atoms with Crippen molar-refractivity contribution in [2.75, 3.05) is 0 Å². The molecule has 0 aromatic carbocycles. The fraction of sp³-hybridized carbons (Fsp3) is 0.545. The number of amides is 1. The summed E-state index contributed by atoms with van der Waals surface area (Å²) in [4.78, 5) is 11.9. The summed E-state index contributed by atoms with van der Waals surface area (Å²) >= 11 is 3.19. The number of hydrogen-bond acceptors (Lipinski definition) is 3. The highest BCUT2D eigenvalue weighted by atomic mass is 79.9. The average molecular weight is 287 g/mol. The molecule has 2 rings (SSSR count). The second-order valence-corrected chi connectivity index (χ2v) is 4.86. The van der Waals surface area contributed by atoms with Crippen molar-refractivity contribution in [3.05, 3.63) is 22.6 Å². The van der Waals surface area contributed by atoms with Gasteiger partial charge in [0.25, 0.3) is 5.91 Å². The molecule has 0 spiro atoms. The predicted molar refractivity (Wildman–Crippen MR) is 64.1 cm³/mol. The maximum absolute atomic E-state index is 11.9. The summed E-state index contributed by atoms with van der Waals surface area (Å²) in [5.74, 6) is -0.122. The Balaban J connectivity index is 1.99. The zero-order valence-corrected chi connectivity index (χ0v) is 10.5.